The van der Waals surface area contributed by atoms with Crippen LogP contribution in [0.25, 0.3) is 11.1 Å². The Bertz CT molecular complexity index is 472. The summed E-state index contributed by atoms with van der Waals surface area (Å²) in [6.45, 7) is 6.69. The van der Waals surface area contributed by atoms with Crippen molar-refractivity contribution in [2.75, 3.05) is 0 Å². The Morgan fingerprint density at radius 2 is 2.00 bits per heavy atom. The Balaban J connectivity index is 2.63. The van der Waals surface area contributed by atoms with Crippen LogP contribution in [0.5, 0.6) is 0 Å². The third-order valence-corrected chi connectivity index (χ3v) is 3.98. The van der Waals surface area contributed by atoms with Gasteiger partial charge >= 0.3 is 0 Å². The van der Waals surface area contributed by atoms with E-state index in [2.05, 4.69) is 40.6 Å². The molecule has 1 aromatic heterocycles. The first kappa shape index (κ1) is 9.92. The van der Waals surface area contributed by atoms with E-state index < -0.39 is 8.07 Å². The average molecular weight is 270 g/mol. The van der Waals surface area contributed by atoms with E-state index in [0.29, 0.717) is 0 Å². The molecule has 0 atom stereocenters. The van der Waals surface area contributed by atoms with Crippen molar-refractivity contribution >= 4 is 40.6 Å². The highest BCUT2D eigenvalue weighted by Gasteiger charge is 2.23. The molecule has 0 bridgehead atoms. The lowest BCUT2D eigenvalue weighted by molar-refractivity contribution is 0.638. The predicted molar refractivity (Wildman–Crippen MR) is 64.7 cm³/mol. The van der Waals surface area contributed by atoms with Gasteiger partial charge in [0.15, 0.2) is 11.1 Å². The number of aromatic nitrogens is 1. The smallest absolute Gasteiger partial charge is 0.167 e. The van der Waals surface area contributed by atoms with Crippen LogP contribution in [0, 0.1) is 0 Å². The summed E-state index contributed by atoms with van der Waals surface area (Å²) in [5, 5.41) is 0. The fraction of sp³-hybridized carbons (Fsp3) is 0.300. The third-order valence-electron chi connectivity index (χ3n) is 1.99. The quantitative estimate of drug-likeness (QED) is 0.744. The van der Waals surface area contributed by atoms with E-state index in [0.717, 1.165) is 21.1 Å². The molecule has 0 unspecified atom stereocenters. The molecule has 0 fully saturated rings. The van der Waals surface area contributed by atoms with Crippen molar-refractivity contribution in [3.63, 3.8) is 0 Å². The second kappa shape index (κ2) is 3.20. The zero-order valence-corrected chi connectivity index (χ0v) is 11.1. The van der Waals surface area contributed by atoms with Gasteiger partial charge in [0.1, 0.15) is 13.6 Å². The first-order valence-corrected chi connectivity index (χ1v) is 8.83. The highest BCUT2D eigenvalue weighted by molar-refractivity contribution is 9.10. The van der Waals surface area contributed by atoms with Crippen molar-refractivity contribution in [1.29, 1.82) is 0 Å². The largest absolute Gasteiger partial charge is 0.446 e. The van der Waals surface area contributed by atoms with E-state index in [1.54, 1.807) is 0 Å². The van der Waals surface area contributed by atoms with Crippen LogP contribution in [0.4, 0.5) is 0 Å². The van der Waals surface area contributed by atoms with E-state index in [1.165, 1.54) is 0 Å². The van der Waals surface area contributed by atoms with Crippen molar-refractivity contribution in [3.8, 4) is 0 Å². The second-order valence-electron chi connectivity index (χ2n) is 4.38. The van der Waals surface area contributed by atoms with Gasteiger partial charge in [-0.1, -0.05) is 35.6 Å². The van der Waals surface area contributed by atoms with E-state index in [-0.39, 0.29) is 0 Å². The molecule has 0 spiro atoms. The van der Waals surface area contributed by atoms with Crippen LogP contribution in [-0.4, -0.2) is 13.1 Å². The van der Waals surface area contributed by atoms with Gasteiger partial charge in [0.25, 0.3) is 0 Å². The lowest BCUT2D eigenvalue weighted by Crippen LogP contribution is -2.38. The predicted octanol–water partition coefficient (Wildman–Crippen LogP) is 3.14. The fourth-order valence-electron chi connectivity index (χ4n) is 1.22. The maximum Gasteiger partial charge on any atom is 0.167 e. The zero-order valence-electron chi connectivity index (χ0n) is 8.47. The van der Waals surface area contributed by atoms with Crippen molar-refractivity contribution in [2.45, 2.75) is 19.6 Å². The van der Waals surface area contributed by atoms with Gasteiger partial charge < -0.3 is 4.42 Å². The molecule has 74 valence electrons. The van der Waals surface area contributed by atoms with Gasteiger partial charge in [-0.3, -0.25) is 0 Å². The molecule has 2 rings (SSSR count). The molecule has 0 aliphatic rings. The summed E-state index contributed by atoms with van der Waals surface area (Å²) in [5.41, 5.74) is 2.74. The van der Waals surface area contributed by atoms with E-state index in [9.17, 15) is 0 Å². The van der Waals surface area contributed by atoms with Crippen molar-refractivity contribution in [3.05, 3.63) is 22.7 Å². The normalized spacial score (nSPS) is 12.3. The van der Waals surface area contributed by atoms with Gasteiger partial charge in [0, 0.05) is 4.47 Å². The van der Waals surface area contributed by atoms with E-state index >= 15 is 0 Å². The van der Waals surface area contributed by atoms with Crippen LogP contribution in [0.2, 0.25) is 19.6 Å². The summed E-state index contributed by atoms with van der Waals surface area (Å²) in [6.07, 6.45) is 0. The number of benzene rings is 1. The SMILES string of the molecule is C[Si](C)(C)c1nc2ccc(Br)cc2o1. The summed E-state index contributed by atoms with van der Waals surface area (Å²) < 4.78 is 6.76. The van der Waals surface area contributed by atoms with Crippen LogP contribution in [0.1, 0.15) is 0 Å². The summed E-state index contributed by atoms with van der Waals surface area (Å²) in [5.74, 6) is 0. The minimum absolute atomic E-state index is 0.872. The number of fused-ring (bicyclic) bond motifs is 1. The highest BCUT2D eigenvalue weighted by Crippen LogP contribution is 2.18. The molecule has 0 N–H and O–H groups in total. The van der Waals surface area contributed by atoms with E-state index in [1.807, 2.05) is 18.2 Å². The minimum Gasteiger partial charge on any atom is -0.446 e. The summed E-state index contributed by atoms with van der Waals surface area (Å²) in [7, 11) is -1.43. The van der Waals surface area contributed by atoms with Gasteiger partial charge in [0.2, 0.25) is 0 Å². The molecular weight excluding hydrogens is 258 g/mol. The third kappa shape index (κ3) is 1.76. The Labute approximate surface area is 92.5 Å². The van der Waals surface area contributed by atoms with Crippen LogP contribution in [0.15, 0.2) is 27.1 Å². The lowest BCUT2D eigenvalue weighted by atomic mass is 10.3. The number of nitrogens with zero attached hydrogens (tertiary/aromatic N) is 1. The molecule has 2 aromatic rings. The maximum absolute atomic E-state index is 5.73. The summed E-state index contributed by atoms with van der Waals surface area (Å²) in [4.78, 5) is 4.50. The zero-order chi connectivity index (χ0) is 10.3. The number of halogens is 1. The molecule has 4 heteroatoms. The standard InChI is InChI=1S/C10H12BrNOSi/c1-14(2,3)10-12-8-5-4-7(11)6-9(8)13-10/h4-6H,1-3H3. The Hall–Kier alpha value is -0.613. The van der Waals surface area contributed by atoms with Gasteiger partial charge in [-0.25, -0.2) is 4.98 Å². The summed E-state index contributed by atoms with van der Waals surface area (Å²) >= 11 is 3.42. The van der Waals surface area contributed by atoms with E-state index in [4.69, 9.17) is 4.42 Å². The Morgan fingerprint density at radius 3 is 2.64 bits per heavy atom. The number of hydrogen-bond donors (Lipinski definition) is 0. The Kier molecular flexibility index (Phi) is 2.27. The molecule has 0 aliphatic carbocycles. The summed E-state index contributed by atoms with van der Waals surface area (Å²) in [6, 6.07) is 5.93. The van der Waals surface area contributed by atoms with Gasteiger partial charge in [-0.2, -0.15) is 0 Å². The molecule has 0 saturated heterocycles. The minimum atomic E-state index is -1.43. The van der Waals surface area contributed by atoms with Gasteiger partial charge in [0.05, 0.1) is 0 Å². The van der Waals surface area contributed by atoms with Crippen LogP contribution >= 0.6 is 15.9 Å². The van der Waals surface area contributed by atoms with Crippen LogP contribution < -0.4 is 5.51 Å². The van der Waals surface area contributed by atoms with Crippen molar-refractivity contribution < 1.29 is 4.42 Å². The average Bonchev–Trinajstić information content (AvgIpc) is 2.45. The molecule has 14 heavy (non-hydrogen) atoms. The Morgan fingerprint density at radius 1 is 1.29 bits per heavy atom. The molecule has 0 aliphatic heterocycles. The first-order chi connectivity index (χ1) is 6.47. The number of oxazole rings is 1. The maximum atomic E-state index is 5.73. The molecule has 2 nitrogen and oxygen atoms in total. The molecule has 0 amide bonds. The van der Waals surface area contributed by atoms with Gasteiger partial charge in [-0.05, 0) is 18.2 Å². The topological polar surface area (TPSA) is 26.0 Å². The number of rotatable bonds is 1. The highest BCUT2D eigenvalue weighted by atomic mass is 79.9. The van der Waals surface area contributed by atoms with Crippen molar-refractivity contribution in [2.24, 2.45) is 0 Å². The second-order valence-corrected chi connectivity index (χ2v) is 10.2. The molecule has 0 radical (unpaired) electrons. The lowest BCUT2D eigenvalue weighted by Gasteiger charge is -2.08. The fourth-order valence-corrected chi connectivity index (χ4v) is 2.43. The molecule has 0 saturated carbocycles. The van der Waals surface area contributed by atoms with Crippen molar-refractivity contribution in [1.82, 2.24) is 4.98 Å². The van der Waals surface area contributed by atoms with Crippen LogP contribution in [0.3, 0.4) is 0 Å². The molecule has 1 heterocycles. The molecular formula is C10H12BrNOSi. The van der Waals surface area contributed by atoms with Crippen LogP contribution in [-0.2, 0) is 0 Å². The van der Waals surface area contributed by atoms with Gasteiger partial charge in [-0.15, -0.1) is 0 Å². The monoisotopic (exact) mass is 269 g/mol. The molecule has 1 aromatic carbocycles. The first-order valence-electron chi connectivity index (χ1n) is 4.53. The number of hydrogen-bond acceptors (Lipinski definition) is 2.